The van der Waals surface area contributed by atoms with E-state index in [1.165, 1.54) is 45.9 Å². The molecular weight excluding hydrogens is 1040 g/mol. The van der Waals surface area contributed by atoms with Crippen LogP contribution >= 0.6 is 11.6 Å². The number of rotatable bonds is 9. The van der Waals surface area contributed by atoms with E-state index in [2.05, 4.69) is 25.8 Å². The summed E-state index contributed by atoms with van der Waals surface area (Å²) in [5.41, 5.74) is 11.5. The number of nitrogens with zero attached hydrogens (tertiary/aromatic N) is 4. The minimum absolute atomic E-state index is 0.123. The number of hydrogen-bond acceptors (Lipinski definition) is 30. The fraction of sp³-hybridized carbons (Fsp3) is 0.342. The normalized spacial score (nSPS) is 16.7. The van der Waals surface area contributed by atoms with Gasteiger partial charge in [-0.05, 0) is 11.6 Å². The molecule has 13 N–H and O–H groups in total. The number of aliphatic hydroxyl groups excluding tert-OH is 3. The lowest BCUT2D eigenvalue weighted by Gasteiger charge is -2.41. The summed E-state index contributed by atoms with van der Waals surface area (Å²) >= 11 is 4.64. The molecule has 0 heterocycles. The Kier molecular flexibility index (Phi) is 28.4. The highest BCUT2D eigenvalue weighted by Gasteiger charge is 2.48. The molecule has 0 unspecified atom stereocenters. The van der Waals surface area contributed by atoms with Crippen molar-refractivity contribution in [2.24, 2.45) is 17.2 Å². The maximum absolute atomic E-state index is 11.4. The molecule has 0 aromatic heterocycles. The van der Waals surface area contributed by atoms with Gasteiger partial charge in [0, 0.05) is 84.9 Å². The molecule has 35 nitrogen and oxygen atoms in total. The quantitative estimate of drug-likeness (QED) is 0.0441. The van der Waals surface area contributed by atoms with Crippen LogP contribution in [0.3, 0.4) is 0 Å². The van der Waals surface area contributed by atoms with Crippen molar-refractivity contribution in [1.29, 1.82) is 0 Å². The Hall–Kier alpha value is -9.00. The van der Waals surface area contributed by atoms with E-state index in [1.54, 1.807) is 0 Å². The summed E-state index contributed by atoms with van der Waals surface area (Å²) in [6, 6.07) is 4.77. The minimum atomic E-state index is -1.55. The van der Waals surface area contributed by atoms with Crippen molar-refractivity contribution in [3.63, 3.8) is 0 Å². The first-order valence-electron chi connectivity index (χ1n) is 19.3. The number of phenolic OH excluding ortho intramolecular Hbond substituents is 3. The van der Waals surface area contributed by atoms with Crippen molar-refractivity contribution < 1.29 is 118 Å². The van der Waals surface area contributed by atoms with Crippen LogP contribution in [0.5, 0.6) is 51.7 Å². The highest BCUT2D eigenvalue weighted by atomic mass is 35.5. The van der Waals surface area contributed by atoms with Gasteiger partial charge in [-0.1, -0.05) is 0 Å². The number of phenols is 3. The molecule has 1 aliphatic carbocycles. The standard InChI is InChI=1S/C12H9N3O12.C12H12O6.C6H15N3O3.C6H6O3.C2H3ClO.HNO3/c1-4(16)25-10-7(13(19)20)11(26-5(2)17)9(15(23)24)12(27-6(3)18)8(10)14(21)22;1-7(13)16-10-4-11(17-8(2)14)6-12(5-10)18-9(3)15;7-1-4(10)2(8)6(12)3(9)5(1)11;7-4-1-5(8)3-6(9)2-4;1-2(3)4;2-1(3)4/h1-3H3;4-6H,1-3H3;1-6,10-12H,7-9H2;1-3,7-9H;1H3;(H,2,3,4). The van der Waals surface area contributed by atoms with Crippen molar-refractivity contribution in [2.45, 2.75) is 84.9 Å². The molecule has 0 bridgehead atoms. The molecular formula is C38H46ClN7O28. The molecule has 3 aromatic carbocycles. The van der Waals surface area contributed by atoms with E-state index >= 15 is 0 Å². The minimum Gasteiger partial charge on any atom is -0.508 e. The van der Waals surface area contributed by atoms with Crippen molar-refractivity contribution in [3.05, 3.63) is 76.9 Å². The number of carbonyl (C=O) groups is 7. The first-order chi connectivity index (χ1) is 33.9. The van der Waals surface area contributed by atoms with Crippen LogP contribution in [0.1, 0.15) is 48.5 Å². The summed E-state index contributed by atoms with van der Waals surface area (Å²) in [5.74, 6) is -9.74. The number of benzene rings is 3. The predicted molar refractivity (Wildman–Crippen MR) is 239 cm³/mol. The van der Waals surface area contributed by atoms with Crippen LogP contribution < -0.4 is 45.6 Å². The first kappa shape index (κ1) is 67.1. The molecule has 1 fully saturated rings. The molecule has 1 aliphatic rings. The number of nitrogens with two attached hydrogens (primary N) is 3. The highest BCUT2D eigenvalue weighted by Crippen LogP contribution is 2.56. The lowest BCUT2D eigenvalue weighted by atomic mass is 9.81. The van der Waals surface area contributed by atoms with Crippen LogP contribution in [0.15, 0.2) is 36.4 Å². The van der Waals surface area contributed by atoms with Gasteiger partial charge < -0.3 is 81.5 Å². The lowest BCUT2D eigenvalue weighted by molar-refractivity contribution is -0.742. The molecule has 0 saturated heterocycles. The van der Waals surface area contributed by atoms with E-state index in [1.807, 2.05) is 0 Å². The van der Waals surface area contributed by atoms with Crippen LogP contribution in [-0.2, 0) is 33.6 Å². The molecule has 0 radical (unpaired) electrons. The summed E-state index contributed by atoms with van der Waals surface area (Å²) in [5, 5.41) is 101. The number of nitro groups is 3. The maximum Gasteiger partial charge on any atom is 0.368 e. The third-order valence-electron chi connectivity index (χ3n) is 7.47. The van der Waals surface area contributed by atoms with Crippen molar-refractivity contribution in [1.82, 2.24) is 0 Å². The highest BCUT2D eigenvalue weighted by molar-refractivity contribution is 6.62. The maximum atomic E-state index is 11.4. The molecule has 0 aliphatic heterocycles. The van der Waals surface area contributed by atoms with Gasteiger partial charge in [0.25, 0.3) is 22.3 Å². The number of carbonyl (C=O) groups excluding carboxylic acids is 7. The van der Waals surface area contributed by atoms with Gasteiger partial charge in [0.2, 0.25) is 5.24 Å². The van der Waals surface area contributed by atoms with Crippen molar-refractivity contribution >= 4 is 69.7 Å². The summed E-state index contributed by atoms with van der Waals surface area (Å²) < 4.78 is 27.9. The average Bonchev–Trinajstić information content (AvgIpc) is 3.19. The molecule has 1 saturated carbocycles. The van der Waals surface area contributed by atoms with Gasteiger partial charge >= 0.3 is 52.9 Å². The van der Waals surface area contributed by atoms with Gasteiger partial charge in [0.15, 0.2) is 0 Å². The van der Waals surface area contributed by atoms with Crippen LogP contribution in [-0.4, -0.2) is 133 Å². The van der Waals surface area contributed by atoms with Crippen LogP contribution in [0.4, 0.5) is 17.1 Å². The van der Waals surface area contributed by atoms with Crippen molar-refractivity contribution in [2.75, 3.05) is 0 Å². The second kappa shape index (κ2) is 31.4. The molecule has 74 heavy (non-hydrogen) atoms. The van der Waals surface area contributed by atoms with Gasteiger partial charge in [-0.2, -0.15) is 0 Å². The van der Waals surface area contributed by atoms with Crippen molar-refractivity contribution in [3.8, 4) is 51.7 Å². The van der Waals surface area contributed by atoms with Crippen LogP contribution in [0.2, 0.25) is 0 Å². The Labute approximate surface area is 417 Å². The third kappa shape index (κ3) is 24.7. The molecule has 0 spiro atoms. The summed E-state index contributed by atoms with van der Waals surface area (Å²) in [7, 11) is 0. The zero-order valence-electron chi connectivity index (χ0n) is 39.0. The molecule has 0 amide bonds. The zero-order chi connectivity index (χ0) is 58.2. The predicted octanol–water partition coefficient (Wildman–Crippen LogP) is -0.0584. The Balaban J connectivity index is 0. The first-order valence-corrected chi connectivity index (χ1v) is 19.7. The second-order valence-electron chi connectivity index (χ2n) is 13.6. The van der Waals surface area contributed by atoms with E-state index in [4.69, 9.17) is 62.1 Å². The number of halogens is 1. The molecule has 4 rings (SSSR count). The molecule has 0 atom stereocenters. The Morgan fingerprint density at radius 2 is 0.608 bits per heavy atom. The van der Waals surface area contributed by atoms with Gasteiger partial charge in [0.05, 0.1) is 51.2 Å². The number of hydrogen-bond donors (Lipinski definition) is 10. The Morgan fingerprint density at radius 3 is 0.743 bits per heavy atom. The van der Waals surface area contributed by atoms with Crippen LogP contribution in [0.25, 0.3) is 0 Å². The number of ether oxygens (including phenoxy) is 6. The van der Waals surface area contributed by atoms with E-state index in [0.717, 1.165) is 39.0 Å². The SMILES string of the molecule is CC(=O)Cl.CC(=O)Oc1c([N+](=O)[O-])c(OC(C)=O)c([N+](=O)[O-])c(OC(C)=O)c1[N+](=O)[O-].CC(=O)Oc1cc(OC(C)=O)cc(OC(C)=O)c1.NC1C(O)C(N)C(O)C(N)C1O.O=[N+]([O-])O.Oc1cc(O)cc(O)c1. The number of aliphatic hydroxyl groups is 3. The van der Waals surface area contributed by atoms with Gasteiger partial charge in [-0.25, -0.2) is 0 Å². The summed E-state index contributed by atoms with van der Waals surface area (Å²) in [6.07, 6.45) is -3.35. The van der Waals surface area contributed by atoms with E-state index in [0.29, 0.717) is 0 Å². The Morgan fingerprint density at radius 1 is 0.446 bits per heavy atom. The fourth-order valence-electron chi connectivity index (χ4n) is 5.04. The topological polar surface area (TPSA) is 567 Å². The summed E-state index contributed by atoms with van der Waals surface area (Å²) in [4.78, 5) is 114. The number of aromatic hydroxyl groups is 3. The average molecular weight is 1080 g/mol. The smallest absolute Gasteiger partial charge is 0.368 e. The second-order valence-corrected chi connectivity index (χ2v) is 14.2. The zero-order valence-corrected chi connectivity index (χ0v) is 39.8. The molecule has 36 heteroatoms. The van der Waals surface area contributed by atoms with E-state index in [9.17, 15) is 79.2 Å². The monoisotopic (exact) mass is 1080 g/mol. The molecule has 408 valence electrons. The third-order valence-corrected chi connectivity index (χ3v) is 7.47. The Bertz CT molecular complexity index is 2230. The number of nitro benzene ring substituents is 3. The molecule has 3 aromatic rings. The number of esters is 6. The van der Waals surface area contributed by atoms with Gasteiger partial charge in [-0.3, -0.25) is 63.9 Å². The van der Waals surface area contributed by atoms with Gasteiger partial charge in [-0.15, -0.1) is 10.1 Å². The summed E-state index contributed by atoms with van der Waals surface area (Å²) in [6.45, 7) is 7.16. The van der Waals surface area contributed by atoms with Crippen LogP contribution in [0, 0.1) is 40.5 Å². The fourth-order valence-corrected chi connectivity index (χ4v) is 5.04. The van der Waals surface area contributed by atoms with Gasteiger partial charge in [0.1, 0.15) is 34.5 Å². The van der Waals surface area contributed by atoms with E-state index < -0.39 is 126 Å². The van der Waals surface area contributed by atoms with E-state index in [-0.39, 0.29) is 39.7 Å². The largest absolute Gasteiger partial charge is 0.508 e. The lowest BCUT2D eigenvalue weighted by Crippen LogP contribution is -2.71.